The third kappa shape index (κ3) is 3.69. The van der Waals surface area contributed by atoms with Crippen LogP contribution in [-0.2, 0) is 12.8 Å². The summed E-state index contributed by atoms with van der Waals surface area (Å²) in [6, 6.07) is 16.8. The molecule has 88 valence electrons. The Bertz CT molecular complexity index is 459. The Balaban J connectivity index is 2.05. The van der Waals surface area contributed by atoms with Crippen molar-refractivity contribution in [3.8, 4) is 0 Å². The number of benzene rings is 2. The van der Waals surface area contributed by atoms with Crippen LogP contribution in [0.2, 0.25) is 0 Å². The molecular formula is C15H15BrO. The van der Waals surface area contributed by atoms with Crippen LogP contribution in [-0.4, -0.2) is 11.7 Å². The minimum atomic E-state index is 0.214. The molecule has 0 amide bonds. The fraction of sp³-hybridized carbons (Fsp3) is 0.200. The minimum Gasteiger partial charge on any atom is -0.396 e. The molecule has 0 aliphatic carbocycles. The van der Waals surface area contributed by atoms with Gasteiger partial charge in [-0.15, -0.1) is 0 Å². The van der Waals surface area contributed by atoms with Gasteiger partial charge in [-0.25, -0.2) is 0 Å². The largest absolute Gasteiger partial charge is 0.396 e. The summed E-state index contributed by atoms with van der Waals surface area (Å²) >= 11 is 3.43. The van der Waals surface area contributed by atoms with Crippen LogP contribution in [0.5, 0.6) is 0 Å². The van der Waals surface area contributed by atoms with Gasteiger partial charge < -0.3 is 5.11 Å². The first-order chi connectivity index (χ1) is 8.28. The second kappa shape index (κ2) is 5.99. The quantitative estimate of drug-likeness (QED) is 0.913. The average molecular weight is 291 g/mol. The summed E-state index contributed by atoms with van der Waals surface area (Å²) in [6.07, 6.45) is 1.69. The summed E-state index contributed by atoms with van der Waals surface area (Å²) in [6.45, 7) is 0.214. The zero-order valence-electron chi connectivity index (χ0n) is 9.57. The molecule has 0 radical (unpaired) electrons. The van der Waals surface area contributed by atoms with E-state index in [-0.39, 0.29) is 6.61 Å². The van der Waals surface area contributed by atoms with E-state index < -0.39 is 0 Å². The molecular weight excluding hydrogens is 276 g/mol. The number of hydrogen-bond donors (Lipinski definition) is 1. The second-order valence-electron chi connectivity index (χ2n) is 4.09. The zero-order valence-corrected chi connectivity index (χ0v) is 11.2. The Kier molecular flexibility index (Phi) is 4.35. The summed E-state index contributed by atoms with van der Waals surface area (Å²) in [7, 11) is 0. The van der Waals surface area contributed by atoms with E-state index in [0.29, 0.717) is 0 Å². The van der Waals surface area contributed by atoms with Gasteiger partial charge in [-0.05, 0) is 41.7 Å². The molecule has 0 unspecified atom stereocenters. The van der Waals surface area contributed by atoms with Crippen molar-refractivity contribution < 1.29 is 5.11 Å². The fourth-order valence-corrected chi connectivity index (χ4v) is 2.06. The van der Waals surface area contributed by atoms with Crippen molar-refractivity contribution in [3.63, 3.8) is 0 Å². The molecule has 0 saturated heterocycles. The summed E-state index contributed by atoms with van der Waals surface area (Å²) in [5.41, 5.74) is 3.80. The maximum Gasteiger partial charge on any atom is 0.0471 e. The van der Waals surface area contributed by atoms with Gasteiger partial charge in [0.15, 0.2) is 0 Å². The SMILES string of the molecule is OCCc1ccc(Cc2ccc(Br)cc2)cc1. The average Bonchev–Trinajstić information content (AvgIpc) is 2.35. The zero-order chi connectivity index (χ0) is 12.1. The number of halogens is 1. The number of rotatable bonds is 4. The van der Waals surface area contributed by atoms with Crippen molar-refractivity contribution in [2.75, 3.05) is 6.61 Å². The summed E-state index contributed by atoms with van der Waals surface area (Å²) < 4.78 is 1.11. The van der Waals surface area contributed by atoms with Crippen molar-refractivity contribution in [3.05, 3.63) is 69.7 Å². The molecule has 0 spiro atoms. The highest BCUT2D eigenvalue weighted by atomic mass is 79.9. The lowest BCUT2D eigenvalue weighted by Gasteiger charge is -2.04. The van der Waals surface area contributed by atoms with Gasteiger partial charge in [-0.3, -0.25) is 0 Å². The predicted octanol–water partition coefficient (Wildman–Crippen LogP) is 3.57. The van der Waals surface area contributed by atoms with Gasteiger partial charge in [0.2, 0.25) is 0 Å². The minimum absolute atomic E-state index is 0.214. The standard InChI is InChI=1S/C15H15BrO/c16-15-7-5-14(6-8-15)11-13-3-1-12(2-4-13)9-10-17/h1-8,17H,9-11H2. The van der Waals surface area contributed by atoms with Crippen molar-refractivity contribution in [2.45, 2.75) is 12.8 Å². The van der Waals surface area contributed by atoms with E-state index in [1.165, 1.54) is 16.7 Å². The Morgan fingerprint density at radius 3 is 1.76 bits per heavy atom. The van der Waals surface area contributed by atoms with Gasteiger partial charge in [0.1, 0.15) is 0 Å². The van der Waals surface area contributed by atoms with Crippen molar-refractivity contribution in [1.29, 1.82) is 0 Å². The maximum absolute atomic E-state index is 8.85. The number of aliphatic hydroxyl groups is 1. The lowest BCUT2D eigenvalue weighted by atomic mass is 10.0. The first-order valence-electron chi connectivity index (χ1n) is 5.71. The third-order valence-corrected chi connectivity index (χ3v) is 3.27. The smallest absolute Gasteiger partial charge is 0.0471 e. The van der Waals surface area contributed by atoms with Crippen LogP contribution < -0.4 is 0 Å². The molecule has 0 aliphatic heterocycles. The van der Waals surface area contributed by atoms with Crippen LogP contribution in [0.25, 0.3) is 0 Å². The summed E-state index contributed by atoms with van der Waals surface area (Å²) in [5, 5.41) is 8.85. The Hall–Kier alpha value is -1.12. The van der Waals surface area contributed by atoms with E-state index >= 15 is 0 Å². The lowest BCUT2D eigenvalue weighted by molar-refractivity contribution is 0.299. The second-order valence-corrected chi connectivity index (χ2v) is 5.01. The highest BCUT2D eigenvalue weighted by Crippen LogP contribution is 2.14. The molecule has 2 aromatic rings. The van der Waals surface area contributed by atoms with E-state index in [1.54, 1.807) is 0 Å². The summed E-state index contributed by atoms with van der Waals surface area (Å²) in [5.74, 6) is 0. The van der Waals surface area contributed by atoms with E-state index in [1.807, 2.05) is 0 Å². The molecule has 0 aromatic heterocycles. The Labute approximate surface area is 110 Å². The molecule has 2 aromatic carbocycles. The van der Waals surface area contributed by atoms with E-state index in [9.17, 15) is 0 Å². The molecule has 1 nitrogen and oxygen atoms in total. The van der Waals surface area contributed by atoms with Gasteiger partial charge in [0, 0.05) is 11.1 Å². The lowest BCUT2D eigenvalue weighted by Crippen LogP contribution is -1.92. The Morgan fingerprint density at radius 2 is 1.24 bits per heavy atom. The molecule has 2 rings (SSSR count). The molecule has 0 heterocycles. The molecule has 0 aliphatic rings. The van der Waals surface area contributed by atoms with Gasteiger partial charge in [-0.2, -0.15) is 0 Å². The summed E-state index contributed by atoms with van der Waals surface area (Å²) in [4.78, 5) is 0. The number of aliphatic hydroxyl groups excluding tert-OH is 1. The van der Waals surface area contributed by atoms with E-state index in [4.69, 9.17) is 5.11 Å². The van der Waals surface area contributed by atoms with Crippen LogP contribution >= 0.6 is 15.9 Å². The molecule has 0 fully saturated rings. The van der Waals surface area contributed by atoms with E-state index in [2.05, 4.69) is 64.5 Å². The van der Waals surface area contributed by atoms with Crippen LogP contribution in [0.1, 0.15) is 16.7 Å². The number of hydrogen-bond acceptors (Lipinski definition) is 1. The van der Waals surface area contributed by atoms with Crippen LogP contribution in [0.3, 0.4) is 0 Å². The predicted molar refractivity (Wildman–Crippen MR) is 74.2 cm³/mol. The third-order valence-electron chi connectivity index (χ3n) is 2.74. The first kappa shape index (κ1) is 12.3. The first-order valence-corrected chi connectivity index (χ1v) is 6.50. The van der Waals surface area contributed by atoms with Crippen LogP contribution in [0, 0.1) is 0 Å². The normalized spacial score (nSPS) is 10.5. The van der Waals surface area contributed by atoms with Gasteiger partial charge >= 0.3 is 0 Å². The molecule has 1 N–H and O–H groups in total. The topological polar surface area (TPSA) is 20.2 Å². The highest BCUT2D eigenvalue weighted by molar-refractivity contribution is 9.10. The fourth-order valence-electron chi connectivity index (χ4n) is 1.79. The Morgan fingerprint density at radius 1 is 0.765 bits per heavy atom. The highest BCUT2D eigenvalue weighted by Gasteiger charge is 1.97. The van der Waals surface area contributed by atoms with Gasteiger partial charge in [-0.1, -0.05) is 52.3 Å². The monoisotopic (exact) mass is 290 g/mol. The molecule has 0 atom stereocenters. The van der Waals surface area contributed by atoms with Gasteiger partial charge in [0.25, 0.3) is 0 Å². The molecule has 0 bridgehead atoms. The van der Waals surface area contributed by atoms with Crippen molar-refractivity contribution in [1.82, 2.24) is 0 Å². The van der Waals surface area contributed by atoms with Crippen LogP contribution in [0.4, 0.5) is 0 Å². The van der Waals surface area contributed by atoms with Crippen molar-refractivity contribution >= 4 is 15.9 Å². The molecule has 0 saturated carbocycles. The van der Waals surface area contributed by atoms with Gasteiger partial charge in [0.05, 0.1) is 0 Å². The van der Waals surface area contributed by atoms with Crippen molar-refractivity contribution in [2.24, 2.45) is 0 Å². The molecule has 17 heavy (non-hydrogen) atoms. The maximum atomic E-state index is 8.85. The molecule has 2 heteroatoms. The van der Waals surface area contributed by atoms with Crippen LogP contribution in [0.15, 0.2) is 53.0 Å². The van der Waals surface area contributed by atoms with E-state index in [0.717, 1.165) is 17.3 Å².